The van der Waals surface area contributed by atoms with Crippen molar-refractivity contribution in [2.75, 3.05) is 6.61 Å². The molecule has 35 heavy (non-hydrogen) atoms. The Morgan fingerprint density at radius 2 is 1.74 bits per heavy atom. The first-order valence-electron chi connectivity index (χ1n) is 11.5. The standard InChI is InChI=1S/C29H24FNO4/c1-3-34-29(33)24-17(2)31-27-20-11-4-5-12-21(20)28(32)26(27)25(24)22-13-6-7-14-23(22)35-16-18-9-8-10-19(30)15-18/h4-15,25,31H,3,16H2,1-2H3. The molecule has 0 spiro atoms. The molecule has 3 aromatic rings. The van der Waals surface area contributed by atoms with E-state index in [0.717, 1.165) is 5.56 Å². The van der Waals surface area contributed by atoms with Crippen molar-refractivity contribution in [3.8, 4) is 5.75 Å². The number of carbonyl (C=O) groups excluding carboxylic acids is 2. The van der Waals surface area contributed by atoms with Gasteiger partial charge in [-0.15, -0.1) is 0 Å². The summed E-state index contributed by atoms with van der Waals surface area (Å²) < 4.78 is 25.2. The van der Waals surface area contributed by atoms with E-state index in [0.29, 0.717) is 45.0 Å². The maximum atomic E-state index is 13.7. The van der Waals surface area contributed by atoms with E-state index in [1.54, 1.807) is 31.2 Å². The lowest BCUT2D eigenvalue weighted by atomic mass is 9.79. The molecule has 0 bridgehead atoms. The summed E-state index contributed by atoms with van der Waals surface area (Å²) >= 11 is 0. The molecule has 6 heteroatoms. The van der Waals surface area contributed by atoms with Gasteiger partial charge in [0.2, 0.25) is 0 Å². The Kier molecular flexibility index (Phi) is 5.95. The average Bonchev–Trinajstić information content (AvgIpc) is 3.14. The minimum atomic E-state index is -0.686. The quantitative estimate of drug-likeness (QED) is 0.481. The van der Waals surface area contributed by atoms with Crippen molar-refractivity contribution in [2.24, 2.45) is 0 Å². The molecular weight excluding hydrogens is 445 g/mol. The lowest BCUT2D eigenvalue weighted by Gasteiger charge is -2.30. The fourth-order valence-electron chi connectivity index (χ4n) is 4.76. The monoisotopic (exact) mass is 469 g/mol. The molecule has 0 radical (unpaired) electrons. The highest BCUT2D eigenvalue weighted by atomic mass is 19.1. The maximum absolute atomic E-state index is 13.7. The molecule has 2 aliphatic rings. The van der Waals surface area contributed by atoms with Crippen molar-refractivity contribution in [1.29, 1.82) is 0 Å². The predicted molar refractivity (Wildman–Crippen MR) is 130 cm³/mol. The van der Waals surface area contributed by atoms with E-state index in [1.807, 2.05) is 43.3 Å². The van der Waals surface area contributed by atoms with Gasteiger partial charge >= 0.3 is 5.97 Å². The molecule has 1 atom stereocenters. The van der Waals surface area contributed by atoms with Crippen LogP contribution in [0.4, 0.5) is 4.39 Å². The lowest BCUT2D eigenvalue weighted by Crippen LogP contribution is -2.29. The molecule has 1 aliphatic heterocycles. The van der Waals surface area contributed by atoms with E-state index in [4.69, 9.17) is 9.47 Å². The van der Waals surface area contributed by atoms with Gasteiger partial charge in [-0.3, -0.25) is 4.79 Å². The molecule has 5 nitrogen and oxygen atoms in total. The highest BCUT2D eigenvalue weighted by Crippen LogP contribution is 2.48. The Morgan fingerprint density at radius 1 is 1.00 bits per heavy atom. The molecule has 0 aromatic heterocycles. The Morgan fingerprint density at radius 3 is 2.51 bits per heavy atom. The van der Waals surface area contributed by atoms with Crippen LogP contribution in [-0.2, 0) is 16.1 Å². The maximum Gasteiger partial charge on any atom is 0.336 e. The van der Waals surface area contributed by atoms with Crippen LogP contribution in [0.3, 0.4) is 0 Å². The third-order valence-corrected chi connectivity index (χ3v) is 6.26. The number of para-hydroxylation sites is 1. The molecule has 0 saturated heterocycles. The van der Waals surface area contributed by atoms with Crippen LogP contribution in [0.25, 0.3) is 5.70 Å². The smallest absolute Gasteiger partial charge is 0.336 e. The van der Waals surface area contributed by atoms with E-state index in [1.165, 1.54) is 12.1 Å². The molecule has 3 aromatic carbocycles. The number of ether oxygens (including phenoxy) is 2. The van der Waals surface area contributed by atoms with Gasteiger partial charge in [-0.1, -0.05) is 54.6 Å². The minimum Gasteiger partial charge on any atom is -0.489 e. The number of dihydropyridines is 1. The Bertz CT molecular complexity index is 1410. The number of fused-ring (bicyclic) bond motifs is 2. The highest BCUT2D eigenvalue weighted by molar-refractivity contribution is 6.23. The first-order chi connectivity index (χ1) is 17.0. The van der Waals surface area contributed by atoms with Gasteiger partial charge in [0.1, 0.15) is 18.2 Å². The second-order valence-corrected chi connectivity index (χ2v) is 8.44. The van der Waals surface area contributed by atoms with Crippen LogP contribution < -0.4 is 10.1 Å². The number of ketones is 1. The van der Waals surface area contributed by atoms with Crippen molar-refractivity contribution in [1.82, 2.24) is 5.32 Å². The summed E-state index contributed by atoms with van der Waals surface area (Å²) in [6, 6.07) is 20.9. The Labute approximate surface area is 202 Å². The number of esters is 1. The second-order valence-electron chi connectivity index (χ2n) is 8.44. The molecule has 0 amide bonds. The Hall–Kier alpha value is -4.19. The molecular formula is C29H24FNO4. The molecule has 0 fully saturated rings. The van der Waals surface area contributed by atoms with Gasteiger partial charge < -0.3 is 14.8 Å². The number of nitrogens with one attached hydrogen (secondary N) is 1. The first-order valence-corrected chi connectivity index (χ1v) is 11.5. The lowest BCUT2D eigenvalue weighted by molar-refractivity contribution is -0.138. The molecule has 0 saturated carbocycles. The van der Waals surface area contributed by atoms with Crippen molar-refractivity contribution in [3.63, 3.8) is 0 Å². The summed E-state index contributed by atoms with van der Waals surface area (Å²) in [7, 11) is 0. The van der Waals surface area contributed by atoms with Gasteiger partial charge in [0.25, 0.3) is 0 Å². The average molecular weight is 470 g/mol. The number of hydrogen-bond donors (Lipinski definition) is 1. The summed E-state index contributed by atoms with van der Waals surface area (Å²) in [4.78, 5) is 26.8. The van der Waals surface area contributed by atoms with Crippen molar-refractivity contribution in [3.05, 3.63) is 118 Å². The molecule has 1 heterocycles. The van der Waals surface area contributed by atoms with Gasteiger partial charge in [-0.25, -0.2) is 9.18 Å². The molecule has 5 rings (SSSR count). The van der Waals surface area contributed by atoms with E-state index >= 15 is 0 Å². The zero-order valence-electron chi connectivity index (χ0n) is 19.4. The van der Waals surface area contributed by atoms with Crippen LogP contribution >= 0.6 is 0 Å². The zero-order valence-corrected chi connectivity index (χ0v) is 19.4. The molecule has 1 N–H and O–H groups in total. The Balaban J connectivity index is 1.62. The van der Waals surface area contributed by atoms with E-state index in [-0.39, 0.29) is 24.8 Å². The van der Waals surface area contributed by atoms with Gasteiger partial charge in [-0.05, 0) is 37.6 Å². The summed E-state index contributed by atoms with van der Waals surface area (Å²) in [5.74, 6) is -1.15. The van der Waals surface area contributed by atoms with Crippen molar-refractivity contribution >= 4 is 17.4 Å². The van der Waals surface area contributed by atoms with Crippen LogP contribution in [0.2, 0.25) is 0 Å². The summed E-state index contributed by atoms with van der Waals surface area (Å²) in [6.07, 6.45) is 0. The van der Waals surface area contributed by atoms with Crippen LogP contribution in [0.15, 0.2) is 89.6 Å². The predicted octanol–water partition coefficient (Wildman–Crippen LogP) is 5.54. The summed E-state index contributed by atoms with van der Waals surface area (Å²) in [5.41, 5.74) is 4.91. The normalized spacial score (nSPS) is 16.5. The van der Waals surface area contributed by atoms with E-state index in [9.17, 15) is 14.0 Å². The number of allylic oxidation sites excluding steroid dienone is 2. The summed E-state index contributed by atoms with van der Waals surface area (Å²) in [5, 5.41) is 3.29. The minimum absolute atomic E-state index is 0.136. The fourth-order valence-corrected chi connectivity index (χ4v) is 4.76. The number of carbonyl (C=O) groups is 2. The summed E-state index contributed by atoms with van der Waals surface area (Å²) in [6.45, 7) is 3.90. The van der Waals surface area contributed by atoms with E-state index < -0.39 is 11.9 Å². The molecule has 1 unspecified atom stereocenters. The largest absolute Gasteiger partial charge is 0.489 e. The number of hydrogen-bond acceptors (Lipinski definition) is 5. The number of rotatable bonds is 6. The van der Waals surface area contributed by atoms with Gasteiger partial charge in [0.15, 0.2) is 5.78 Å². The van der Waals surface area contributed by atoms with Gasteiger partial charge in [-0.2, -0.15) is 0 Å². The zero-order chi connectivity index (χ0) is 24.5. The van der Waals surface area contributed by atoms with Crippen molar-refractivity contribution in [2.45, 2.75) is 26.4 Å². The topological polar surface area (TPSA) is 64.6 Å². The first kappa shape index (κ1) is 22.6. The number of Topliss-reactive ketones (excluding diaryl/α,β-unsaturated/α-hetero) is 1. The SMILES string of the molecule is CCOC(=O)C1=C(C)NC2=C(C(=O)c3ccccc32)C1c1ccccc1OCc1cccc(F)c1. The third-order valence-electron chi connectivity index (χ3n) is 6.26. The molecule has 176 valence electrons. The third kappa shape index (κ3) is 4.01. The van der Waals surface area contributed by atoms with Gasteiger partial charge in [0, 0.05) is 28.0 Å². The molecule has 1 aliphatic carbocycles. The van der Waals surface area contributed by atoms with Crippen LogP contribution in [0.1, 0.15) is 46.8 Å². The van der Waals surface area contributed by atoms with E-state index in [2.05, 4.69) is 5.32 Å². The number of halogens is 1. The highest BCUT2D eigenvalue weighted by Gasteiger charge is 2.43. The number of benzene rings is 3. The van der Waals surface area contributed by atoms with Gasteiger partial charge in [0.05, 0.1) is 23.8 Å². The van der Waals surface area contributed by atoms with Crippen molar-refractivity contribution < 1.29 is 23.5 Å². The van der Waals surface area contributed by atoms with Crippen LogP contribution in [0, 0.1) is 5.82 Å². The van der Waals surface area contributed by atoms with Crippen LogP contribution in [0.5, 0.6) is 5.75 Å². The second kappa shape index (κ2) is 9.22. The fraction of sp³-hybridized carbons (Fsp3) is 0.172. The van der Waals surface area contributed by atoms with Crippen LogP contribution in [-0.4, -0.2) is 18.4 Å².